The van der Waals surface area contributed by atoms with Gasteiger partial charge >= 0.3 is 226 Å². The van der Waals surface area contributed by atoms with E-state index in [1.54, 1.807) is 0 Å². The average Bonchev–Trinajstić information content (AvgIpc) is 3.24. The number of benzene rings is 5. The summed E-state index contributed by atoms with van der Waals surface area (Å²) >= 11 is 2.91. The Labute approximate surface area is 224 Å². The van der Waals surface area contributed by atoms with E-state index >= 15 is 0 Å². The molecular formula is C30H18BN2PbS. The van der Waals surface area contributed by atoms with Gasteiger partial charge in [-0.05, 0) is 0 Å². The van der Waals surface area contributed by atoms with Gasteiger partial charge < -0.3 is 0 Å². The third kappa shape index (κ3) is 2.72. The van der Waals surface area contributed by atoms with Crippen molar-refractivity contribution in [3.05, 3.63) is 109 Å². The van der Waals surface area contributed by atoms with Crippen molar-refractivity contribution < 1.29 is 0 Å². The summed E-state index contributed by atoms with van der Waals surface area (Å²) < 4.78 is 3.93. The standard InChI is InChI=1S/C30H18BN2S.Pb/c1-3-14-24-20(10-1)21-11-9-13-23-30(21)32(24)25-15-4-2-12-22(25)31(23)33-26-16-5-7-18-28(26)34-29-19-8-6-17-27(29)33;/h1-16,18-19H;. The molecule has 2 aliphatic heterocycles. The van der Waals surface area contributed by atoms with Crippen molar-refractivity contribution in [3.8, 4) is 5.69 Å². The monoisotopic (exact) mass is 657 g/mol. The molecule has 2 aliphatic rings. The van der Waals surface area contributed by atoms with Crippen LogP contribution in [0.2, 0.25) is 0 Å². The Morgan fingerprint density at radius 3 is 2.23 bits per heavy atom. The van der Waals surface area contributed by atoms with Gasteiger partial charge in [0.25, 0.3) is 0 Å². The number of hydrogen-bond acceptors (Lipinski definition) is 2. The maximum absolute atomic E-state index is 2.64. The Balaban J connectivity index is 1.54. The summed E-state index contributed by atoms with van der Waals surface area (Å²) in [7, 11) is 0. The molecule has 8 rings (SSSR count). The number of fused-ring (bicyclic) bond motifs is 7. The Bertz CT molecular complexity index is 1830. The van der Waals surface area contributed by atoms with Crippen LogP contribution in [0.25, 0.3) is 27.5 Å². The predicted molar refractivity (Wildman–Crippen MR) is 150 cm³/mol. The van der Waals surface area contributed by atoms with Gasteiger partial charge in [-0.15, -0.1) is 0 Å². The van der Waals surface area contributed by atoms with Crippen molar-refractivity contribution in [3.63, 3.8) is 0 Å². The molecule has 0 bridgehead atoms. The minimum atomic E-state index is 0.0996. The van der Waals surface area contributed by atoms with E-state index in [-0.39, 0.29) is 6.85 Å². The fourth-order valence-corrected chi connectivity index (χ4v) is 8.81. The molecule has 3 heterocycles. The Kier molecular flexibility index (Phi) is 4.35. The van der Waals surface area contributed by atoms with Crippen LogP contribution in [-0.4, -0.2) is 37.2 Å². The summed E-state index contributed by atoms with van der Waals surface area (Å²) in [5.74, 6) is 0. The maximum atomic E-state index is 2.64. The molecule has 2 nitrogen and oxygen atoms in total. The van der Waals surface area contributed by atoms with Crippen LogP contribution < -0.4 is 18.9 Å². The van der Waals surface area contributed by atoms with Gasteiger partial charge in [-0.3, -0.25) is 0 Å². The number of aromatic nitrogens is 1. The zero-order valence-corrected chi connectivity index (χ0v) is 23.5. The molecule has 161 valence electrons. The molecule has 0 N–H and O–H groups in total. The van der Waals surface area contributed by atoms with Gasteiger partial charge in [0.1, 0.15) is 0 Å². The zero-order valence-electron chi connectivity index (χ0n) is 18.8. The van der Waals surface area contributed by atoms with Crippen LogP contribution in [0.4, 0.5) is 11.4 Å². The van der Waals surface area contributed by atoms with Crippen LogP contribution in [-0.2, 0) is 0 Å². The fourth-order valence-electron chi connectivity index (χ4n) is 5.99. The van der Waals surface area contributed by atoms with Crippen molar-refractivity contribution in [1.82, 2.24) is 4.57 Å². The third-order valence-corrected chi connectivity index (χ3v) is 10.0. The summed E-state index contributed by atoms with van der Waals surface area (Å²) in [6, 6.07) is 40.4. The first-order valence-corrected chi connectivity index (χ1v) is 14.6. The van der Waals surface area contributed by atoms with Crippen LogP contribution in [0.1, 0.15) is 0 Å². The van der Waals surface area contributed by atoms with Crippen molar-refractivity contribution in [2.45, 2.75) is 9.79 Å². The third-order valence-electron chi connectivity index (χ3n) is 7.34. The van der Waals surface area contributed by atoms with Gasteiger partial charge in [0.15, 0.2) is 0 Å². The van der Waals surface area contributed by atoms with Crippen molar-refractivity contribution >= 4 is 91.6 Å². The van der Waals surface area contributed by atoms with E-state index in [0.717, 1.165) is 25.8 Å². The Morgan fingerprint density at radius 2 is 1.29 bits per heavy atom. The van der Waals surface area contributed by atoms with E-state index in [9.17, 15) is 0 Å². The molecule has 0 amide bonds. The second kappa shape index (κ2) is 7.52. The number of hydrogen-bond donors (Lipinski definition) is 0. The molecule has 6 aromatic rings. The van der Waals surface area contributed by atoms with Crippen molar-refractivity contribution in [2.75, 3.05) is 4.81 Å². The SMILES string of the molecule is [Pb][c]1cccc2c1N(B1c3ccccc3-n3c4ccccc4c4cccc1c43)c1ccccc1S2. The topological polar surface area (TPSA) is 8.17 Å². The van der Waals surface area contributed by atoms with Crippen molar-refractivity contribution in [1.29, 1.82) is 0 Å². The van der Waals surface area contributed by atoms with Gasteiger partial charge in [0.05, 0.1) is 0 Å². The van der Waals surface area contributed by atoms with Gasteiger partial charge in [-0.2, -0.15) is 0 Å². The molecule has 5 aromatic carbocycles. The number of nitrogens with zero attached hydrogens (tertiary/aromatic N) is 2. The molecule has 35 heavy (non-hydrogen) atoms. The molecule has 0 spiro atoms. The van der Waals surface area contributed by atoms with Crippen LogP contribution >= 0.6 is 11.8 Å². The van der Waals surface area contributed by atoms with Crippen LogP contribution in [0.3, 0.4) is 0 Å². The molecule has 0 aliphatic carbocycles. The first kappa shape index (κ1) is 20.3. The van der Waals surface area contributed by atoms with E-state index < -0.39 is 0 Å². The molecule has 0 atom stereocenters. The molecule has 0 fully saturated rings. The predicted octanol–water partition coefficient (Wildman–Crippen LogP) is 5.30. The van der Waals surface area contributed by atoms with E-state index in [1.165, 1.54) is 62.7 Å². The van der Waals surface area contributed by atoms with Crippen LogP contribution in [0.5, 0.6) is 0 Å². The minimum absolute atomic E-state index is 0.0996. The molecule has 0 unspecified atom stereocenters. The summed E-state index contributed by atoms with van der Waals surface area (Å²) in [6.07, 6.45) is 0. The summed E-state index contributed by atoms with van der Waals surface area (Å²) in [6.45, 7) is 0.0996. The second-order valence-corrected chi connectivity index (χ2v) is 12.3. The van der Waals surface area contributed by atoms with Crippen molar-refractivity contribution in [2.24, 2.45) is 0 Å². The normalized spacial score (nSPS) is 13.6. The van der Waals surface area contributed by atoms with Gasteiger partial charge in [-0.25, -0.2) is 0 Å². The number of para-hydroxylation sites is 5. The quantitative estimate of drug-likeness (QED) is 0.222. The van der Waals surface area contributed by atoms with E-state index in [2.05, 4.69) is 119 Å². The van der Waals surface area contributed by atoms with Gasteiger partial charge in [-0.1, -0.05) is 0 Å². The number of rotatable bonds is 1. The van der Waals surface area contributed by atoms with E-state index in [1.807, 2.05) is 11.8 Å². The molecule has 5 heteroatoms. The summed E-state index contributed by atoms with van der Waals surface area (Å²) in [4.78, 5) is 5.31. The summed E-state index contributed by atoms with van der Waals surface area (Å²) in [5, 5.41) is 2.65. The fraction of sp³-hybridized carbons (Fsp3) is 0. The van der Waals surface area contributed by atoms with E-state index in [4.69, 9.17) is 0 Å². The molecule has 3 radical (unpaired) electrons. The Hall–Kier alpha value is -2.96. The van der Waals surface area contributed by atoms with Crippen LogP contribution in [0.15, 0.2) is 119 Å². The first-order chi connectivity index (χ1) is 17.3. The molecular weight excluding hydrogens is 638 g/mol. The second-order valence-electron chi connectivity index (χ2n) is 9.15. The van der Waals surface area contributed by atoms with Gasteiger partial charge in [0.2, 0.25) is 0 Å². The molecule has 0 saturated carbocycles. The van der Waals surface area contributed by atoms with Gasteiger partial charge in [0, 0.05) is 0 Å². The Morgan fingerprint density at radius 1 is 0.600 bits per heavy atom. The molecule has 0 saturated heterocycles. The van der Waals surface area contributed by atoms with E-state index in [0.29, 0.717) is 0 Å². The zero-order chi connectivity index (χ0) is 23.1. The number of anilines is 2. The molecule has 1 aromatic heterocycles. The van der Waals surface area contributed by atoms with Crippen LogP contribution in [0, 0.1) is 0 Å². The summed E-state index contributed by atoms with van der Waals surface area (Å²) in [5.41, 5.74) is 9.30. The average molecular weight is 657 g/mol. The first-order valence-electron chi connectivity index (χ1n) is 11.8.